The fourth-order valence-corrected chi connectivity index (χ4v) is 2.98. The number of rotatable bonds is 7. The van der Waals surface area contributed by atoms with Gasteiger partial charge in [-0.2, -0.15) is 0 Å². The van der Waals surface area contributed by atoms with E-state index in [1.807, 2.05) is 6.07 Å². The van der Waals surface area contributed by atoms with Gasteiger partial charge in [-0.3, -0.25) is 9.59 Å². The smallest absolute Gasteiger partial charge is 0.329 e. The number of carbonyl (C=O) groups excluding carboxylic acids is 3. The zero-order valence-corrected chi connectivity index (χ0v) is 15.1. The third kappa shape index (κ3) is 4.70. The van der Waals surface area contributed by atoms with Crippen molar-refractivity contribution in [2.75, 3.05) is 0 Å². The Hall–Kier alpha value is -2.67. The second-order valence-electron chi connectivity index (χ2n) is 6.18. The van der Waals surface area contributed by atoms with Crippen molar-refractivity contribution in [1.29, 1.82) is 0 Å². The Morgan fingerprint density at radius 2 is 1.85 bits per heavy atom. The van der Waals surface area contributed by atoms with Crippen LogP contribution in [0.1, 0.15) is 41.1 Å². The summed E-state index contributed by atoms with van der Waals surface area (Å²) < 4.78 is 5.44. The molecule has 26 heavy (non-hydrogen) atoms. The van der Waals surface area contributed by atoms with Crippen molar-refractivity contribution in [3.8, 4) is 0 Å². The Morgan fingerprint density at radius 1 is 1.12 bits per heavy atom. The predicted octanol–water partition coefficient (Wildman–Crippen LogP) is 2.43. The Kier molecular flexibility index (Phi) is 5.68. The van der Waals surface area contributed by atoms with Gasteiger partial charge < -0.3 is 15.4 Å². The van der Waals surface area contributed by atoms with Crippen molar-refractivity contribution in [1.82, 2.24) is 10.6 Å². The van der Waals surface area contributed by atoms with Gasteiger partial charge in [0, 0.05) is 11.6 Å². The SMILES string of the molecule is C[C@@H](NC(=O)c1cccs1)C(=O)O[C@@H](C(=O)NC1CC1)c1ccccc1. The summed E-state index contributed by atoms with van der Waals surface area (Å²) in [6, 6.07) is 11.6. The van der Waals surface area contributed by atoms with Crippen molar-refractivity contribution >= 4 is 29.1 Å². The van der Waals surface area contributed by atoms with E-state index >= 15 is 0 Å². The normalized spacial score (nSPS) is 15.6. The van der Waals surface area contributed by atoms with Crippen LogP contribution in [0.3, 0.4) is 0 Å². The number of amides is 2. The van der Waals surface area contributed by atoms with Crippen LogP contribution in [-0.4, -0.2) is 29.9 Å². The van der Waals surface area contributed by atoms with Gasteiger partial charge in [0.15, 0.2) is 0 Å². The molecular formula is C19H20N2O4S. The van der Waals surface area contributed by atoms with E-state index in [-0.39, 0.29) is 17.9 Å². The fourth-order valence-electron chi connectivity index (χ4n) is 2.36. The summed E-state index contributed by atoms with van der Waals surface area (Å²) >= 11 is 1.29. The molecule has 1 aromatic carbocycles. The van der Waals surface area contributed by atoms with Crippen LogP contribution in [0.4, 0.5) is 0 Å². The molecule has 6 nitrogen and oxygen atoms in total. The third-order valence-electron chi connectivity index (χ3n) is 3.94. The van der Waals surface area contributed by atoms with Gasteiger partial charge in [0.25, 0.3) is 11.8 Å². The molecule has 136 valence electrons. The van der Waals surface area contributed by atoms with Gasteiger partial charge in [0.05, 0.1) is 4.88 Å². The summed E-state index contributed by atoms with van der Waals surface area (Å²) in [5.74, 6) is -1.35. The topological polar surface area (TPSA) is 84.5 Å². The van der Waals surface area contributed by atoms with E-state index in [1.54, 1.807) is 41.8 Å². The Labute approximate surface area is 155 Å². The van der Waals surface area contributed by atoms with E-state index in [0.29, 0.717) is 10.4 Å². The second kappa shape index (κ2) is 8.14. The van der Waals surface area contributed by atoms with Crippen LogP contribution in [0.15, 0.2) is 47.8 Å². The standard InChI is InChI=1S/C19H20N2O4S/c1-12(20-17(22)15-8-5-11-26-15)19(24)25-16(13-6-3-2-4-7-13)18(23)21-14-9-10-14/h2-8,11-12,14,16H,9-10H2,1H3,(H,20,22)(H,21,23)/t12-,16-/m1/s1. The van der Waals surface area contributed by atoms with E-state index in [9.17, 15) is 14.4 Å². The van der Waals surface area contributed by atoms with Crippen LogP contribution in [0.25, 0.3) is 0 Å². The molecule has 3 rings (SSSR count). The molecule has 1 aliphatic rings. The third-order valence-corrected chi connectivity index (χ3v) is 4.81. The molecule has 1 fully saturated rings. The van der Waals surface area contributed by atoms with Crippen LogP contribution in [-0.2, 0) is 14.3 Å². The number of benzene rings is 1. The molecule has 7 heteroatoms. The minimum Gasteiger partial charge on any atom is -0.446 e. The molecule has 1 heterocycles. The fraction of sp³-hybridized carbons (Fsp3) is 0.316. The Balaban J connectivity index is 1.65. The van der Waals surface area contributed by atoms with Crippen LogP contribution in [0.5, 0.6) is 0 Å². The lowest BCUT2D eigenvalue weighted by molar-refractivity contribution is -0.158. The van der Waals surface area contributed by atoms with Gasteiger partial charge in [0.2, 0.25) is 6.10 Å². The molecule has 2 amide bonds. The number of esters is 1. The monoisotopic (exact) mass is 372 g/mol. The lowest BCUT2D eigenvalue weighted by Crippen LogP contribution is -2.42. The van der Waals surface area contributed by atoms with Crippen molar-refractivity contribution in [3.05, 3.63) is 58.3 Å². The molecule has 1 saturated carbocycles. The number of carbonyl (C=O) groups is 3. The molecule has 0 radical (unpaired) electrons. The van der Waals surface area contributed by atoms with Crippen LogP contribution >= 0.6 is 11.3 Å². The minimum atomic E-state index is -1.04. The minimum absolute atomic E-state index is 0.156. The molecule has 0 unspecified atom stereocenters. The number of thiophene rings is 1. The van der Waals surface area contributed by atoms with Crippen LogP contribution < -0.4 is 10.6 Å². The maximum Gasteiger partial charge on any atom is 0.329 e. The van der Waals surface area contributed by atoms with Crippen LogP contribution in [0.2, 0.25) is 0 Å². The van der Waals surface area contributed by atoms with Gasteiger partial charge in [-0.25, -0.2) is 4.79 Å². The lowest BCUT2D eigenvalue weighted by Gasteiger charge is -2.20. The van der Waals surface area contributed by atoms with Gasteiger partial charge in [-0.15, -0.1) is 11.3 Å². The highest BCUT2D eigenvalue weighted by molar-refractivity contribution is 7.12. The van der Waals surface area contributed by atoms with Gasteiger partial charge in [0.1, 0.15) is 6.04 Å². The van der Waals surface area contributed by atoms with E-state index in [2.05, 4.69) is 10.6 Å². The highest BCUT2D eigenvalue weighted by Crippen LogP contribution is 2.23. The summed E-state index contributed by atoms with van der Waals surface area (Å²) in [6.45, 7) is 1.54. The molecule has 2 atom stereocenters. The first-order valence-electron chi connectivity index (χ1n) is 8.45. The number of hydrogen-bond donors (Lipinski definition) is 2. The van der Waals surface area contributed by atoms with Crippen molar-refractivity contribution in [3.63, 3.8) is 0 Å². The number of nitrogens with one attached hydrogen (secondary N) is 2. The summed E-state index contributed by atoms with van der Waals surface area (Å²) in [6.07, 6.45) is 0.841. The summed E-state index contributed by atoms with van der Waals surface area (Å²) in [5.41, 5.74) is 0.593. The molecule has 0 spiro atoms. The predicted molar refractivity (Wildman–Crippen MR) is 97.7 cm³/mol. The van der Waals surface area contributed by atoms with E-state index in [0.717, 1.165) is 12.8 Å². The highest BCUT2D eigenvalue weighted by atomic mass is 32.1. The van der Waals surface area contributed by atoms with Crippen molar-refractivity contribution < 1.29 is 19.1 Å². The van der Waals surface area contributed by atoms with E-state index in [4.69, 9.17) is 4.74 Å². The van der Waals surface area contributed by atoms with Gasteiger partial charge in [-0.05, 0) is 31.2 Å². The maximum absolute atomic E-state index is 12.5. The van der Waals surface area contributed by atoms with Crippen molar-refractivity contribution in [2.45, 2.75) is 38.0 Å². The first kappa shape index (κ1) is 18.1. The average molecular weight is 372 g/mol. The lowest BCUT2D eigenvalue weighted by atomic mass is 10.1. The average Bonchev–Trinajstić information content (AvgIpc) is 3.28. The Morgan fingerprint density at radius 3 is 2.46 bits per heavy atom. The summed E-state index contributed by atoms with van der Waals surface area (Å²) in [4.78, 5) is 37.5. The molecule has 1 aromatic heterocycles. The molecule has 2 N–H and O–H groups in total. The zero-order valence-electron chi connectivity index (χ0n) is 14.3. The quantitative estimate of drug-likeness (QED) is 0.731. The molecule has 0 saturated heterocycles. The maximum atomic E-state index is 12.5. The summed E-state index contributed by atoms with van der Waals surface area (Å²) in [5, 5.41) is 7.24. The highest BCUT2D eigenvalue weighted by Gasteiger charge is 2.32. The number of ether oxygens (including phenoxy) is 1. The molecule has 2 aromatic rings. The zero-order chi connectivity index (χ0) is 18.5. The molecule has 1 aliphatic carbocycles. The molecule has 0 bridgehead atoms. The van der Waals surface area contributed by atoms with Gasteiger partial charge in [-0.1, -0.05) is 36.4 Å². The van der Waals surface area contributed by atoms with Gasteiger partial charge >= 0.3 is 5.97 Å². The van der Waals surface area contributed by atoms with E-state index in [1.165, 1.54) is 18.3 Å². The van der Waals surface area contributed by atoms with Crippen molar-refractivity contribution in [2.24, 2.45) is 0 Å². The van der Waals surface area contributed by atoms with E-state index < -0.39 is 18.1 Å². The first-order valence-corrected chi connectivity index (χ1v) is 9.32. The number of hydrogen-bond acceptors (Lipinski definition) is 5. The first-order chi connectivity index (χ1) is 12.5. The Bertz CT molecular complexity index is 772. The van der Waals surface area contributed by atoms with Crippen LogP contribution in [0, 0.1) is 0 Å². The second-order valence-corrected chi connectivity index (χ2v) is 7.13. The molecule has 0 aliphatic heterocycles. The largest absolute Gasteiger partial charge is 0.446 e. The summed E-state index contributed by atoms with van der Waals surface area (Å²) in [7, 11) is 0. The molecular weight excluding hydrogens is 352 g/mol.